The smallest absolute Gasteiger partial charge is 0.290 e. The maximum atomic E-state index is 5.49. The van der Waals surface area contributed by atoms with E-state index in [9.17, 15) is 0 Å². The minimum absolute atomic E-state index is 0.457. The molecule has 0 unspecified atom stereocenters. The number of anilines is 2. The predicted octanol–water partition coefficient (Wildman–Crippen LogP) is -0.846. The van der Waals surface area contributed by atoms with Crippen molar-refractivity contribution >= 4 is 17.9 Å². The number of hydrogen-bond acceptors (Lipinski definition) is 5. The lowest BCUT2D eigenvalue weighted by Gasteiger charge is -1.91. The first-order valence-corrected chi connectivity index (χ1v) is 2.77. The van der Waals surface area contributed by atoms with Gasteiger partial charge < -0.3 is 5.73 Å². The van der Waals surface area contributed by atoms with E-state index >= 15 is 0 Å². The molecule has 0 atom stereocenters. The van der Waals surface area contributed by atoms with Crippen LogP contribution in [0.25, 0.3) is 0 Å². The fourth-order valence-electron chi connectivity index (χ4n) is 0.784. The molecule has 10 heavy (non-hydrogen) atoms. The van der Waals surface area contributed by atoms with E-state index in [-0.39, 0.29) is 0 Å². The van der Waals surface area contributed by atoms with Gasteiger partial charge in [-0.15, -0.1) is 0 Å². The van der Waals surface area contributed by atoms with Crippen LogP contribution in [0.15, 0.2) is 6.33 Å². The summed E-state index contributed by atoms with van der Waals surface area (Å²) in [5.74, 6) is 1.13. The minimum atomic E-state index is 0.457. The van der Waals surface area contributed by atoms with E-state index in [0.717, 1.165) is 5.56 Å². The van der Waals surface area contributed by atoms with Gasteiger partial charge in [-0.3, -0.25) is 0 Å². The van der Waals surface area contributed by atoms with Crippen molar-refractivity contribution in [2.75, 3.05) is 11.2 Å². The molecule has 0 amide bonds. The second-order valence-electron chi connectivity index (χ2n) is 1.89. The highest BCUT2D eigenvalue weighted by atomic mass is 15.3. The second-order valence-corrected chi connectivity index (χ2v) is 1.89. The summed E-state index contributed by atoms with van der Waals surface area (Å²) in [6.07, 6.45) is 3.00. The van der Waals surface area contributed by atoms with Gasteiger partial charge in [0.15, 0.2) is 5.10 Å². The third kappa shape index (κ3) is 0.540. The highest BCUT2D eigenvalue weighted by Crippen LogP contribution is 2.15. The molecule has 0 aliphatic carbocycles. The summed E-state index contributed by atoms with van der Waals surface area (Å²) in [6, 6.07) is 0. The van der Waals surface area contributed by atoms with Crippen molar-refractivity contribution in [1.29, 1.82) is 0 Å². The van der Waals surface area contributed by atoms with Crippen LogP contribution in [0, 0.1) is 0 Å². The van der Waals surface area contributed by atoms with Crippen molar-refractivity contribution < 1.29 is 0 Å². The van der Waals surface area contributed by atoms with Crippen molar-refractivity contribution in [3.8, 4) is 0 Å². The van der Waals surface area contributed by atoms with E-state index in [0.29, 0.717) is 11.6 Å². The van der Waals surface area contributed by atoms with E-state index in [2.05, 4.69) is 20.5 Å². The Balaban J connectivity index is 2.67. The largest absolute Gasteiger partial charge is 0.383 e. The summed E-state index contributed by atoms with van der Waals surface area (Å²) in [4.78, 5) is 7.68. The monoisotopic (exact) mass is 135 g/mol. The molecule has 1 aromatic rings. The number of hydrogen-bond donors (Lipinski definition) is 2. The molecule has 1 aliphatic rings. The molecule has 0 fully saturated rings. The Morgan fingerprint density at radius 1 is 1.50 bits per heavy atom. The van der Waals surface area contributed by atoms with Crippen LogP contribution in [0.1, 0.15) is 5.56 Å². The molecule has 1 aromatic heterocycles. The van der Waals surface area contributed by atoms with Gasteiger partial charge >= 0.3 is 0 Å². The molecule has 0 saturated heterocycles. The van der Waals surface area contributed by atoms with Crippen LogP contribution >= 0.6 is 0 Å². The summed E-state index contributed by atoms with van der Waals surface area (Å²) >= 11 is 0. The molecule has 0 aromatic carbocycles. The van der Waals surface area contributed by atoms with Gasteiger partial charge in [-0.1, -0.05) is 5.43 Å². The Morgan fingerprint density at radius 2 is 2.40 bits per heavy atom. The van der Waals surface area contributed by atoms with Gasteiger partial charge in [0.25, 0.3) is 6.21 Å². The highest BCUT2D eigenvalue weighted by molar-refractivity contribution is 5.94. The van der Waals surface area contributed by atoms with Crippen LogP contribution in [0.4, 0.5) is 11.6 Å². The third-order valence-corrected chi connectivity index (χ3v) is 1.28. The molecule has 1 radical (unpaired) electrons. The lowest BCUT2D eigenvalue weighted by atomic mass is 10.3. The number of hydrazone groups is 1. The fraction of sp³-hybridized carbons (Fsp3) is 0. The summed E-state index contributed by atoms with van der Waals surface area (Å²) < 4.78 is 0. The van der Waals surface area contributed by atoms with Crippen LogP contribution in [-0.2, 0) is 0 Å². The van der Waals surface area contributed by atoms with Crippen molar-refractivity contribution in [1.82, 2.24) is 15.1 Å². The Hall–Kier alpha value is -1.65. The molecular formula is C5H5N5+. The summed E-state index contributed by atoms with van der Waals surface area (Å²) in [5, 5.41) is 3.75. The van der Waals surface area contributed by atoms with Gasteiger partial charge in [-0.05, 0) is 0 Å². The molecule has 3 N–H and O–H groups in total. The Labute approximate surface area is 57.0 Å². The molecular weight excluding hydrogens is 130 g/mol. The SMILES string of the molecule is Nc1ncnc2c1C=[N+]N2. The molecule has 2 rings (SSSR count). The summed E-state index contributed by atoms with van der Waals surface area (Å²) in [7, 11) is 0. The van der Waals surface area contributed by atoms with Crippen LogP contribution < -0.4 is 16.3 Å². The molecule has 5 nitrogen and oxygen atoms in total. The lowest BCUT2D eigenvalue weighted by Crippen LogP contribution is -1.98. The first-order chi connectivity index (χ1) is 4.88. The first kappa shape index (κ1) is 5.16. The van der Waals surface area contributed by atoms with Crippen molar-refractivity contribution in [3.63, 3.8) is 0 Å². The van der Waals surface area contributed by atoms with Gasteiger partial charge in [0.1, 0.15) is 17.7 Å². The highest BCUT2D eigenvalue weighted by Gasteiger charge is 2.19. The minimum Gasteiger partial charge on any atom is -0.383 e. The lowest BCUT2D eigenvalue weighted by molar-refractivity contribution is 1.13. The average Bonchev–Trinajstić information content (AvgIpc) is 2.36. The van der Waals surface area contributed by atoms with Gasteiger partial charge in [0.2, 0.25) is 5.82 Å². The second kappa shape index (κ2) is 1.66. The van der Waals surface area contributed by atoms with Gasteiger partial charge in [-0.2, -0.15) is 0 Å². The summed E-state index contributed by atoms with van der Waals surface area (Å²) in [6.45, 7) is 0. The molecule has 1 aliphatic heterocycles. The Bertz CT molecular complexity index is 292. The van der Waals surface area contributed by atoms with E-state index < -0.39 is 0 Å². The molecule has 0 bridgehead atoms. The number of fused-ring (bicyclic) bond motifs is 1. The van der Waals surface area contributed by atoms with Crippen molar-refractivity contribution in [3.05, 3.63) is 11.9 Å². The Morgan fingerprint density at radius 3 is 3.20 bits per heavy atom. The first-order valence-electron chi connectivity index (χ1n) is 2.77. The average molecular weight is 135 g/mol. The number of aromatic nitrogens is 2. The predicted molar refractivity (Wildman–Crippen MR) is 37.4 cm³/mol. The van der Waals surface area contributed by atoms with Gasteiger partial charge in [0.05, 0.1) is 0 Å². The zero-order valence-electron chi connectivity index (χ0n) is 5.07. The molecule has 0 saturated carbocycles. The van der Waals surface area contributed by atoms with Crippen LogP contribution in [0.2, 0.25) is 0 Å². The van der Waals surface area contributed by atoms with Crippen LogP contribution in [-0.4, -0.2) is 16.2 Å². The molecule has 2 heterocycles. The van der Waals surface area contributed by atoms with E-state index in [4.69, 9.17) is 5.73 Å². The quantitative estimate of drug-likeness (QED) is 0.486. The number of rotatable bonds is 0. The standard InChI is InChI=1S/C5H5N5/c6-4-3-1-9-10-5(3)8-2-7-4/h1-2H,(H3,6,7,8,10)/q+1. The zero-order valence-corrected chi connectivity index (χ0v) is 5.07. The number of nitrogens with two attached hydrogens (primary N) is 1. The number of nitrogens with zero attached hydrogens (tertiary/aromatic N) is 3. The zero-order chi connectivity index (χ0) is 6.97. The van der Waals surface area contributed by atoms with Crippen LogP contribution in [0.5, 0.6) is 0 Å². The Kier molecular flexibility index (Phi) is 0.858. The molecule has 49 valence electrons. The number of nitrogens with one attached hydrogen (secondary N) is 1. The molecule has 5 heteroatoms. The maximum absolute atomic E-state index is 5.49. The van der Waals surface area contributed by atoms with E-state index in [1.54, 1.807) is 6.21 Å². The number of nitrogen functional groups attached to an aromatic ring is 1. The van der Waals surface area contributed by atoms with Gasteiger partial charge in [-0.25, -0.2) is 9.97 Å². The fourth-order valence-corrected chi connectivity index (χ4v) is 0.784. The van der Waals surface area contributed by atoms with Crippen molar-refractivity contribution in [2.24, 2.45) is 0 Å². The van der Waals surface area contributed by atoms with E-state index in [1.165, 1.54) is 6.33 Å². The van der Waals surface area contributed by atoms with Crippen molar-refractivity contribution in [2.45, 2.75) is 0 Å². The van der Waals surface area contributed by atoms with Gasteiger partial charge in [0, 0.05) is 0 Å². The van der Waals surface area contributed by atoms with Crippen LogP contribution in [0.3, 0.4) is 0 Å². The third-order valence-electron chi connectivity index (χ3n) is 1.28. The maximum Gasteiger partial charge on any atom is 0.290 e. The molecule has 0 spiro atoms. The summed E-state index contributed by atoms with van der Waals surface area (Å²) in [5.41, 5.74) is 8.94. The normalized spacial score (nSPS) is 12.8. The topological polar surface area (TPSA) is 77.9 Å². The van der Waals surface area contributed by atoms with E-state index in [1.807, 2.05) is 0 Å².